The fourth-order valence-electron chi connectivity index (χ4n) is 3.17. The van der Waals surface area contributed by atoms with Crippen LogP contribution >= 0.6 is 0 Å². The number of hydrogen-bond acceptors (Lipinski definition) is 3. The Bertz CT molecular complexity index is 806. The van der Waals surface area contributed by atoms with Crippen LogP contribution in [-0.4, -0.2) is 17.2 Å². The molecule has 0 bridgehead atoms. The first-order chi connectivity index (χ1) is 12.2. The summed E-state index contributed by atoms with van der Waals surface area (Å²) in [5, 5.41) is 19.3. The summed E-state index contributed by atoms with van der Waals surface area (Å²) in [5.74, 6) is 0. The normalized spacial score (nSPS) is 11.2. The van der Waals surface area contributed by atoms with Gasteiger partial charge in [-0.25, -0.2) is 0 Å². The second kappa shape index (κ2) is 8.37. The molecule has 3 rings (SSSR count). The summed E-state index contributed by atoms with van der Waals surface area (Å²) in [6.45, 7) is 2.24. The lowest BCUT2D eigenvalue weighted by Gasteiger charge is -2.05. The first-order valence-corrected chi connectivity index (χ1v) is 9.16. The van der Waals surface area contributed by atoms with Gasteiger partial charge in [-0.3, -0.25) is 0 Å². The Labute approximate surface area is 149 Å². The fraction of sp³-hybridized carbons (Fsp3) is 0.333. The molecule has 0 saturated heterocycles. The van der Waals surface area contributed by atoms with Gasteiger partial charge in [0.2, 0.25) is 0 Å². The van der Waals surface area contributed by atoms with Crippen molar-refractivity contribution in [1.29, 1.82) is 0 Å². The molecule has 2 aromatic carbocycles. The molecule has 2 N–H and O–H groups in total. The third-order valence-corrected chi connectivity index (χ3v) is 4.65. The number of benzene rings is 2. The number of hydrogen-bond donors (Lipinski definition) is 2. The van der Waals surface area contributed by atoms with Crippen LogP contribution in [0.1, 0.15) is 44.6 Å². The van der Waals surface area contributed by atoms with Gasteiger partial charge in [-0.05, 0) is 47.7 Å². The van der Waals surface area contributed by atoms with E-state index in [4.69, 9.17) is 4.42 Å². The van der Waals surface area contributed by atoms with Gasteiger partial charge in [0, 0.05) is 5.39 Å². The van der Waals surface area contributed by atoms with Crippen LogP contribution in [0.4, 0.5) is 0 Å². The van der Waals surface area contributed by atoms with Gasteiger partial charge >= 0.3 is 7.12 Å². The van der Waals surface area contributed by atoms with Gasteiger partial charge in [0.05, 0.1) is 0 Å². The Morgan fingerprint density at radius 1 is 0.840 bits per heavy atom. The molecule has 130 valence electrons. The Hall–Kier alpha value is -2.04. The molecule has 3 nitrogen and oxygen atoms in total. The Morgan fingerprint density at radius 3 is 2.28 bits per heavy atom. The maximum Gasteiger partial charge on any atom is 0.526 e. The molecular weight excluding hydrogens is 311 g/mol. The molecule has 0 spiro atoms. The van der Waals surface area contributed by atoms with E-state index in [-0.39, 0.29) is 5.66 Å². The number of aryl methyl sites for hydroxylation is 1. The molecule has 1 aromatic heterocycles. The van der Waals surface area contributed by atoms with Crippen molar-refractivity contribution in [3.05, 3.63) is 54.1 Å². The fourth-order valence-corrected chi connectivity index (χ4v) is 3.17. The number of rotatable bonds is 8. The second-order valence-electron chi connectivity index (χ2n) is 6.64. The highest BCUT2D eigenvalue weighted by Crippen LogP contribution is 2.25. The second-order valence-corrected chi connectivity index (χ2v) is 6.64. The van der Waals surface area contributed by atoms with Crippen LogP contribution in [0.5, 0.6) is 0 Å². The lowest BCUT2D eigenvalue weighted by atomic mass is 9.88. The van der Waals surface area contributed by atoms with Crippen molar-refractivity contribution in [2.24, 2.45) is 0 Å². The molecule has 0 unspecified atom stereocenters. The molecule has 0 aliphatic carbocycles. The van der Waals surface area contributed by atoms with Crippen LogP contribution in [0, 0.1) is 0 Å². The highest BCUT2D eigenvalue weighted by Gasteiger charge is 2.17. The average Bonchev–Trinajstić information content (AvgIpc) is 3.06. The van der Waals surface area contributed by atoms with Gasteiger partial charge in [-0.2, -0.15) is 0 Å². The van der Waals surface area contributed by atoms with Gasteiger partial charge < -0.3 is 14.5 Å². The maximum atomic E-state index is 9.22. The van der Waals surface area contributed by atoms with Crippen molar-refractivity contribution < 1.29 is 14.5 Å². The van der Waals surface area contributed by atoms with Crippen molar-refractivity contribution >= 4 is 23.7 Å². The molecule has 0 fully saturated rings. The van der Waals surface area contributed by atoms with Crippen molar-refractivity contribution in [2.75, 3.05) is 0 Å². The third kappa shape index (κ3) is 4.53. The smallest absolute Gasteiger partial charge is 0.465 e. The van der Waals surface area contributed by atoms with E-state index in [0.717, 1.165) is 22.9 Å². The van der Waals surface area contributed by atoms with Gasteiger partial charge in [0.25, 0.3) is 0 Å². The Morgan fingerprint density at radius 2 is 1.56 bits per heavy atom. The summed E-state index contributed by atoms with van der Waals surface area (Å²) < 4.78 is 5.41. The number of fused-ring (bicyclic) bond motifs is 1. The number of furan rings is 1. The van der Waals surface area contributed by atoms with E-state index in [1.165, 1.54) is 37.7 Å². The van der Waals surface area contributed by atoms with Crippen LogP contribution in [0.25, 0.3) is 22.1 Å². The zero-order chi connectivity index (χ0) is 17.6. The molecule has 1 heterocycles. The Balaban J connectivity index is 1.68. The van der Waals surface area contributed by atoms with Crippen molar-refractivity contribution in [3.8, 4) is 11.1 Å². The summed E-state index contributed by atoms with van der Waals surface area (Å²) in [5.41, 5.74) is 4.47. The Kier molecular flexibility index (Phi) is 5.95. The number of unbranched alkanes of at least 4 members (excludes halogenated alkanes) is 4. The van der Waals surface area contributed by atoms with E-state index in [1.54, 1.807) is 6.07 Å². The quantitative estimate of drug-likeness (QED) is 0.476. The molecule has 25 heavy (non-hydrogen) atoms. The minimum Gasteiger partial charge on any atom is -0.465 e. The molecule has 0 aliphatic rings. The predicted octanol–water partition coefficient (Wildman–Crippen LogP) is 4.29. The van der Waals surface area contributed by atoms with Gasteiger partial charge in [0.1, 0.15) is 11.2 Å². The predicted molar refractivity (Wildman–Crippen MR) is 104 cm³/mol. The van der Waals surface area contributed by atoms with Crippen LogP contribution in [0.2, 0.25) is 0 Å². The molecule has 3 aromatic rings. The molecule has 0 atom stereocenters. The summed E-state index contributed by atoms with van der Waals surface area (Å²) in [6.07, 6.45) is 7.67. The lowest BCUT2D eigenvalue weighted by molar-refractivity contribution is 0.412. The van der Waals surface area contributed by atoms with E-state index in [0.29, 0.717) is 5.58 Å². The summed E-state index contributed by atoms with van der Waals surface area (Å²) >= 11 is 0. The van der Waals surface area contributed by atoms with Gasteiger partial charge in [-0.15, -0.1) is 0 Å². The minimum absolute atomic E-state index is 0.172. The molecule has 0 saturated carbocycles. The molecule has 4 heteroatoms. The molecule has 0 radical (unpaired) electrons. The lowest BCUT2D eigenvalue weighted by Crippen LogP contribution is -2.27. The first kappa shape index (κ1) is 17.8. The summed E-state index contributed by atoms with van der Waals surface area (Å²) in [6, 6.07) is 16.3. The van der Waals surface area contributed by atoms with E-state index < -0.39 is 7.12 Å². The van der Waals surface area contributed by atoms with E-state index in [2.05, 4.69) is 31.2 Å². The third-order valence-electron chi connectivity index (χ3n) is 4.65. The molecule has 0 amide bonds. The highest BCUT2D eigenvalue weighted by molar-refractivity contribution is 6.57. The van der Waals surface area contributed by atoms with E-state index >= 15 is 0 Å². The van der Waals surface area contributed by atoms with Crippen molar-refractivity contribution in [3.63, 3.8) is 0 Å². The van der Waals surface area contributed by atoms with E-state index in [1.807, 2.05) is 18.2 Å². The summed E-state index contributed by atoms with van der Waals surface area (Å²) in [4.78, 5) is 0. The zero-order valence-corrected chi connectivity index (χ0v) is 14.7. The SMILES string of the molecule is CCCCCCCc1ccc(-c2ccc3oc(B(O)O)cc3c2)cc1. The monoisotopic (exact) mass is 336 g/mol. The van der Waals surface area contributed by atoms with Crippen molar-refractivity contribution in [2.45, 2.75) is 45.4 Å². The van der Waals surface area contributed by atoms with Crippen LogP contribution in [0.3, 0.4) is 0 Å². The standard InChI is InChI=1S/C21H25BO3/c1-2-3-4-5-6-7-16-8-10-17(11-9-16)18-12-13-20-19(14-18)15-21(25-20)22(23)24/h8-15,23-24H,2-7H2,1H3. The van der Waals surface area contributed by atoms with E-state index in [9.17, 15) is 10.0 Å². The first-order valence-electron chi connectivity index (χ1n) is 9.16. The average molecular weight is 336 g/mol. The van der Waals surface area contributed by atoms with Crippen LogP contribution in [-0.2, 0) is 6.42 Å². The molecular formula is C21H25BO3. The maximum absolute atomic E-state index is 9.22. The van der Waals surface area contributed by atoms with Crippen LogP contribution in [0.15, 0.2) is 52.9 Å². The zero-order valence-electron chi connectivity index (χ0n) is 14.7. The highest BCUT2D eigenvalue weighted by atomic mass is 16.4. The van der Waals surface area contributed by atoms with Crippen molar-refractivity contribution in [1.82, 2.24) is 0 Å². The molecule has 0 aliphatic heterocycles. The summed E-state index contributed by atoms with van der Waals surface area (Å²) in [7, 11) is -1.58. The van der Waals surface area contributed by atoms with Crippen LogP contribution < -0.4 is 5.66 Å². The van der Waals surface area contributed by atoms with Gasteiger partial charge in [-0.1, -0.05) is 62.9 Å². The minimum atomic E-state index is -1.58. The van der Waals surface area contributed by atoms with Gasteiger partial charge in [0.15, 0.2) is 0 Å². The topological polar surface area (TPSA) is 53.6 Å². The largest absolute Gasteiger partial charge is 0.526 e.